The third-order valence-electron chi connectivity index (χ3n) is 4.64. The zero-order chi connectivity index (χ0) is 11.7. The molecule has 0 aromatic rings. The zero-order valence-corrected chi connectivity index (χ0v) is 11.7. The van der Waals surface area contributed by atoms with E-state index < -0.39 is 0 Å². The quantitative estimate of drug-likeness (QED) is 0.552. The highest BCUT2D eigenvalue weighted by atomic mass is 14.4. The largest absolute Gasteiger partial charge is 0.0625 e. The Bertz CT molecular complexity index is 202. The summed E-state index contributed by atoms with van der Waals surface area (Å²) < 4.78 is 0. The van der Waals surface area contributed by atoms with Crippen LogP contribution in [0.5, 0.6) is 0 Å². The second-order valence-corrected chi connectivity index (χ2v) is 7.35. The van der Waals surface area contributed by atoms with Gasteiger partial charge in [-0.2, -0.15) is 0 Å². The van der Waals surface area contributed by atoms with Gasteiger partial charge in [0.05, 0.1) is 0 Å². The van der Waals surface area contributed by atoms with E-state index in [0.29, 0.717) is 10.8 Å². The van der Waals surface area contributed by atoms with Crippen LogP contribution >= 0.6 is 0 Å². The van der Waals surface area contributed by atoms with Crippen molar-refractivity contribution in [1.29, 1.82) is 0 Å². The summed E-state index contributed by atoms with van der Waals surface area (Å²) in [6, 6.07) is 0. The van der Waals surface area contributed by atoms with Crippen molar-refractivity contribution in [3.05, 3.63) is 0 Å². The van der Waals surface area contributed by atoms with Gasteiger partial charge >= 0.3 is 0 Å². The highest BCUT2D eigenvalue weighted by Gasteiger charge is 2.37. The van der Waals surface area contributed by atoms with E-state index in [4.69, 9.17) is 0 Å². The molecule has 0 aromatic carbocycles. The lowest BCUT2D eigenvalue weighted by Gasteiger charge is -2.44. The van der Waals surface area contributed by atoms with E-state index in [0.717, 1.165) is 11.8 Å². The molecule has 90 valence electrons. The summed E-state index contributed by atoms with van der Waals surface area (Å²) in [6.07, 6.45) is 7.11. The first-order valence-electron chi connectivity index (χ1n) is 6.75. The summed E-state index contributed by atoms with van der Waals surface area (Å²) in [5.74, 6) is 1.74. The third kappa shape index (κ3) is 3.50. The summed E-state index contributed by atoms with van der Waals surface area (Å²) in [5.41, 5.74) is 1.11. The molecule has 2 atom stereocenters. The molecule has 0 amide bonds. The maximum Gasteiger partial charge on any atom is -0.0295 e. The average Bonchev–Trinajstić information content (AvgIpc) is 1.99. The maximum absolute atomic E-state index is 2.52. The number of hydrogen-bond acceptors (Lipinski definition) is 0. The van der Waals surface area contributed by atoms with Gasteiger partial charge in [-0.1, -0.05) is 54.4 Å². The standard InChI is InChI=1S/C15H30/c1-12(2)15(6)10-13(3)8-7-9-14(4,5)11-15/h12-13H,7-11H2,1-6H3. The highest BCUT2D eigenvalue weighted by molar-refractivity contribution is 4.88. The van der Waals surface area contributed by atoms with Crippen molar-refractivity contribution in [1.82, 2.24) is 0 Å². The van der Waals surface area contributed by atoms with Crippen LogP contribution in [-0.2, 0) is 0 Å². The molecule has 1 aliphatic carbocycles. The molecular weight excluding hydrogens is 180 g/mol. The van der Waals surface area contributed by atoms with Gasteiger partial charge < -0.3 is 0 Å². The van der Waals surface area contributed by atoms with Gasteiger partial charge in [-0.15, -0.1) is 0 Å². The predicted molar refractivity (Wildman–Crippen MR) is 69.0 cm³/mol. The molecule has 1 fully saturated rings. The third-order valence-corrected chi connectivity index (χ3v) is 4.64. The second-order valence-electron chi connectivity index (χ2n) is 7.35. The van der Waals surface area contributed by atoms with E-state index in [1.807, 2.05) is 0 Å². The van der Waals surface area contributed by atoms with Gasteiger partial charge in [-0.25, -0.2) is 0 Å². The predicted octanol–water partition coefficient (Wildman–Crippen LogP) is 5.28. The van der Waals surface area contributed by atoms with E-state index >= 15 is 0 Å². The van der Waals surface area contributed by atoms with Crippen LogP contribution in [0.2, 0.25) is 0 Å². The molecule has 15 heavy (non-hydrogen) atoms. The summed E-state index contributed by atoms with van der Waals surface area (Å²) in [5, 5.41) is 0. The molecule has 0 aliphatic heterocycles. The van der Waals surface area contributed by atoms with Crippen LogP contribution in [0.15, 0.2) is 0 Å². The van der Waals surface area contributed by atoms with Gasteiger partial charge in [-0.05, 0) is 41.9 Å². The average molecular weight is 210 g/mol. The SMILES string of the molecule is CC1CCCC(C)(C)CC(C)(C(C)C)C1. The van der Waals surface area contributed by atoms with Crippen LogP contribution in [0.1, 0.15) is 73.6 Å². The Morgan fingerprint density at radius 1 is 1.13 bits per heavy atom. The van der Waals surface area contributed by atoms with Gasteiger partial charge in [0, 0.05) is 0 Å². The Morgan fingerprint density at radius 2 is 1.73 bits per heavy atom. The minimum absolute atomic E-state index is 0.555. The number of rotatable bonds is 1. The van der Waals surface area contributed by atoms with Crippen molar-refractivity contribution < 1.29 is 0 Å². The first-order chi connectivity index (χ1) is 6.75. The summed E-state index contributed by atoms with van der Waals surface area (Å²) >= 11 is 0. The highest BCUT2D eigenvalue weighted by Crippen LogP contribution is 2.48. The molecular formula is C15H30. The fourth-order valence-electron chi connectivity index (χ4n) is 3.52. The monoisotopic (exact) mass is 210 g/mol. The van der Waals surface area contributed by atoms with Crippen LogP contribution in [0.3, 0.4) is 0 Å². The van der Waals surface area contributed by atoms with Crippen LogP contribution in [0.25, 0.3) is 0 Å². The Labute approximate surface area is 96.8 Å². The van der Waals surface area contributed by atoms with Crippen molar-refractivity contribution in [2.24, 2.45) is 22.7 Å². The molecule has 1 saturated carbocycles. The first kappa shape index (κ1) is 13.1. The minimum atomic E-state index is 0.555. The van der Waals surface area contributed by atoms with Crippen LogP contribution in [0, 0.1) is 22.7 Å². The van der Waals surface area contributed by atoms with Crippen LogP contribution < -0.4 is 0 Å². The molecule has 0 radical (unpaired) electrons. The van der Waals surface area contributed by atoms with E-state index in [9.17, 15) is 0 Å². The molecule has 0 bridgehead atoms. The van der Waals surface area contributed by atoms with E-state index in [1.54, 1.807) is 0 Å². The Balaban J connectivity index is 2.81. The molecule has 1 rings (SSSR count). The molecule has 0 N–H and O–H groups in total. The van der Waals surface area contributed by atoms with Crippen LogP contribution in [-0.4, -0.2) is 0 Å². The van der Waals surface area contributed by atoms with Crippen molar-refractivity contribution >= 4 is 0 Å². The first-order valence-corrected chi connectivity index (χ1v) is 6.75. The van der Waals surface area contributed by atoms with E-state index in [-0.39, 0.29) is 0 Å². The lowest BCUT2D eigenvalue weighted by molar-refractivity contribution is 0.0656. The van der Waals surface area contributed by atoms with Crippen molar-refractivity contribution in [3.63, 3.8) is 0 Å². The fraction of sp³-hybridized carbons (Fsp3) is 1.00. The molecule has 0 nitrogen and oxygen atoms in total. The Morgan fingerprint density at radius 3 is 2.27 bits per heavy atom. The minimum Gasteiger partial charge on any atom is -0.0625 e. The van der Waals surface area contributed by atoms with Gasteiger partial charge in [0.1, 0.15) is 0 Å². The summed E-state index contributed by atoms with van der Waals surface area (Å²) in [7, 11) is 0. The summed E-state index contributed by atoms with van der Waals surface area (Å²) in [4.78, 5) is 0. The summed E-state index contributed by atoms with van der Waals surface area (Å²) in [6.45, 7) is 14.7. The smallest absolute Gasteiger partial charge is 0.0295 e. The molecule has 0 spiro atoms. The van der Waals surface area contributed by atoms with E-state index in [1.165, 1.54) is 32.1 Å². The molecule has 0 saturated heterocycles. The van der Waals surface area contributed by atoms with Gasteiger partial charge in [0.2, 0.25) is 0 Å². The molecule has 0 aromatic heterocycles. The van der Waals surface area contributed by atoms with Crippen molar-refractivity contribution in [2.45, 2.75) is 73.6 Å². The van der Waals surface area contributed by atoms with Crippen LogP contribution in [0.4, 0.5) is 0 Å². The van der Waals surface area contributed by atoms with Crippen molar-refractivity contribution in [3.8, 4) is 0 Å². The fourth-order valence-corrected chi connectivity index (χ4v) is 3.52. The van der Waals surface area contributed by atoms with Crippen molar-refractivity contribution in [2.75, 3.05) is 0 Å². The number of hydrogen-bond donors (Lipinski definition) is 0. The normalized spacial score (nSPS) is 37.4. The molecule has 2 unspecified atom stereocenters. The van der Waals surface area contributed by atoms with Gasteiger partial charge in [0.15, 0.2) is 0 Å². The second kappa shape index (κ2) is 4.47. The van der Waals surface area contributed by atoms with Gasteiger partial charge in [0.25, 0.3) is 0 Å². The Hall–Kier alpha value is 0. The maximum atomic E-state index is 2.52. The molecule has 0 heterocycles. The lowest BCUT2D eigenvalue weighted by atomic mass is 9.61. The molecule has 1 aliphatic rings. The topological polar surface area (TPSA) is 0 Å². The molecule has 0 heteroatoms. The van der Waals surface area contributed by atoms with E-state index in [2.05, 4.69) is 41.5 Å². The van der Waals surface area contributed by atoms with Gasteiger partial charge in [-0.3, -0.25) is 0 Å². The zero-order valence-electron chi connectivity index (χ0n) is 11.7. The Kier molecular flexibility index (Phi) is 3.90. The lowest BCUT2D eigenvalue weighted by Crippen LogP contribution is -2.33.